The van der Waals surface area contributed by atoms with Gasteiger partial charge in [0.05, 0.1) is 18.1 Å². The fourth-order valence-electron chi connectivity index (χ4n) is 2.15. The summed E-state index contributed by atoms with van der Waals surface area (Å²) in [6, 6.07) is 0.226. The molecule has 1 aliphatic rings. The maximum Gasteiger partial charge on any atom is 0.326 e. The summed E-state index contributed by atoms with van der Waals surface area (Å²) in [4.78, 5) is 34.0. The van der Waals surface area contributed by atoms with Crippen molar-refractivity contribution < 1.29 is 0 Å². The first-order valence-electron chi connectivity index (χ1n) is 6.30. The molecule has 2 rings (SSSR count). The molecule has 1 aliphatic heterocycles. The monoisotopic (exact) mass is 284 g/mol. The number of rotatable bonds is 3. The van der Waals surface area contributed by atoms with Crippen LogP contribution in [0.2, 0.25) is 5.02 Å². The maximum absolute atomic E-state index is 11.4. The smallest absolute Gasteiger partial charge is 0.326 e. The molecule has 0 aromatic carbocycles. The van der Waals surface area contributed by atoms with Gasteiger partial charge in [0.25, 0.3) is 5.56 Å². The molecule has 0 atom stereocenters. The van der Waals surface area contributed by atoms with Gasteiger partial charge in [0.15, 0.2) is 0 Å². The van der Waals surface area contributed by atoms with Crippen LogP contribution in [-0.4, -0.2) is 33.3 Å². The molecule has 6 nitrogen and oxygen atoms in total. The number of aromatic nitrogens is 2. The Hall–Kier alpha value is -1.56. The molecule has 0 spiro atoms. The molecule has 0 unspecified atom stereocenters. The van der Waals surface area contributed by atoms with E-state index in [0.29, 0.717) is 12.2 Å². The number of halogens is 1. The molecule has 0 aliphatic carbocycles. The average molecular weight is 285 g/mol. The van der Waals surface area contributed by atoms with Gasteiger partial charge < -0.3 is 9.88 Å². The number of aromatic amines is 2. The minimum absolute atomic E-state index is 0.0374. The molecule has 7 heteroatoms. The Labute approximate surface area is 115 Å². The Balaban J connectivity index is 2.26. The third-order valence-electron chi connectivity index (χ3n) is 2.91. The minimum atomic E-state index is -0.554. The average Bonchev–Trinajstić information content (AvgIpc) is 2.72. The first kappa shape index (κ1) is 13.9. The van der Waals surface area contributed by atoms with E-state index >= 15 is 0 Å². The zero-order valence-electron chi connectivity index (χ0n) is 11.0. The normalized spacial score (nSPS) is 17.7. The summed E-state index contributed by atoms with van der Waals surface area (Å²) in [5.41, 5.74) is -0.651. The van der Waals surface area contributed by atoms with E-state index in [9.17, 15) is 9.59 Å². The Kier molecular flexibility index (Phi) is 4.09. The lowest BCUT2D eigenvalue weighted by Gasteiger charge is -2.19. The van der Waals surface area contributed by atoms with Crippen LogP contribution in [0.5, 0.6) is 0 Å². The molecule has 2 heterocycles. The van der Waals surface area contributed by atoms with Gasteiger partial charge in [-0.25, -0.2) is 4.79 Å². The molecule has 0 amide bonds. The molecule has 1 saturated heterocycles. The van der Waals surface area contributed by atoms with Gasteiger partial charge in [-0.3, -0.25) is 14.8 Å². The Morgan fingerprint density at radius 2 is 2.11 bits per heavy atom. The molecule has 1 fully saturated rings. The predicted molar refractivity (Wildman–Crippen MR) is 74.9 cm³/mol. The van der Waals surface area contributed by atoms with Crippen LogP contribution in [0.15, 0.2) is 14.6 Å². The van der Waals surface area contributed by atoms with Crippen molar-refractivity contribution in [2.45, 2.75) is 39.3 Å². The van der Waals surface area contributed by atoms with Gasteiger partial charge in [-0.05, 0) is 20.3 Å². The van der Waals surface area contributed by atoms with E-state index < -0.39 is 11.2 Å². The second kappa shape index (κ2) is 5.61. The van der Waals surface area contributed by atoms with E-state index in [1.54, 1.807) is 0 Å². The van der Waals surface area contributed by atoms with Crippen molar-refractivity contribution in [3.8, 4) is 0 Å². The second-order valence-corrected chi connectivity index (χ2v) is 5.24. The Morgan fingerprint density at radius 3 is 2.79 bits per heavy atom. The third kappa shape index (κ3) is 3.26. The summed E-state index contributed by atoms with van der Waals surface area (Å²) in [5.74, 6) is 1.01. The van der Waals surface area contributed by atoms with Gasteiger partial charge in [-0.15, -0.1) is 0 Å². The second-order valence-electron chi connectivity index (χ2n) is 4.86. The van der Waals surface area contributed by atoms with Crippen molar-refractivity contribution in [2.24, 2.45) is 4.99 Å². The largest absolute Gasteiger partial charge is 0.354 e. The number of amidine groups is 1. The van der Waals surface area contributed by atoms with Crippen LogP contribution < -0.4 is 11.2 Å². The fraction of sp³-hybridized carbons (Fsp3) is 0.583. The highest BCUT2D eigenvalue weighted by molar-refractivity contribution is 6.31. The highest BCUT2D eigenvalue weighted by Crippen LogP contribution is 2.17. The zero-order chi connectivity index (χ0) is 14.0. The van der Waals surface area contributed by atoms with Crippen molar-refractivity contribution >= 4 is 17.4 Å². The summed E-state index contributed by atoms with van der Waals surface area (Å²) in [6.45, 7) is 5.30. The van der Waals surface area contributed by atoms with Gasteiger partial charge in [0.2, 0.25) is 0 Å². The molecule has 19 heavy (non-hydrogen) atoms. The van der Waals surface area contributed by atoms with Gasteiger partial charge in [-0.2, -0.15) is 0 Å². The maximum atomic E-state index is 11.4. The van der Waals surface area contributed by atoms with Gasteiger partial charge in [0, 0.05) is 19.0 Å². The highest BCUT2D eigenvalue weighted by atomic mass is 35.5. The fourth-order valence-corrected chi connectivity index (χ4v) is 2.30. The van der Waals surface area contributed by atoms with Crippen LogP contribution in [0.4, 0.5) is 0 Å². The van der Waals surface area contributed by atoms with Crippen LogP contribution in [0.25, 0.3) is 0 Å². The van der Waals surface area contributed by atoms with Crippen LogP contribution in [0, 0.1) is 0 Å². The van der Waals surface area contributed by atoms with E-state index in [4.69, 9.17) is 11.6 Å². The van der Waals surface area contributed by atoms with Crippen LogP contribution in [0.1, 0.15) is 32.4 Å². The molecule has 0 saturated carbocycles. The molecule has 104 valence electrons. The quantitative estimate of drug-likeness (QED) is 0.873. The molecule has 1 aromatic rings. The van der Waals surface area contributed by atoms with Crippen molar-refractivity contribution in [2.75, 3.05) is 6.54 Å². The van der Waals surface area contributed by atoms with Gasteiger partial charge in [-0.1, -0.05) is 11.6 Å². The lowest BCUT2D eigenvalue weighted by atomic mass is 10.3. The molecule has 0 radical (unpaired) electrons. The van der Waals surface area contributed by atoms with E-state index in [-0.39, 0.29) is 11.1 Å². The van der Waals surface area contributed by atoms with Crippen molar-refractivity contribution in [1.29, 1.82) is 0 Å². The Bertz CT molecular complexity index is 602. The summed E-state index contributed by atoms with van der Waals surface area (Å²) in [6.07, 6.45) is 1.94. The Morgan fingerprint density at radius 1 is 1.37 bits per heavy atom. The van der Waals surface area contributed by atoms with E-state index in [2.05, 4.69) is 19.9 Å². The zero-order valence-corrected chi connectivity index (χ0v) is 11.8. The molecule has 1 aromatic heterocycles. The first-order valence-corrected chi connectivity index (χ1v) is 6.67. The minimum Gasteiger partial charge on any atom is -0.354 e. The van der Waals surface area contributed by atoms with E-state index in [1.165, 1.54) is 0 Å². The number of nitrogens with one attached hydrogen (secondary N) is 2. The molecular weight excluding hydrogens is 268 g/mol. The van der Waals surface area contributed by atoms with Gasteiger partial charge in [0.1, 0.15) is 5.02 Å². The summed E-state index contributed by atoms with van der Waals surface area (Å²) in [7, 11) is 0. The van der Waals surface area contributed by atoms with Crippen LogP contribution in [-0.2, 0) is 6.54 Å². The topological polar surface area (TPSA) is 81.3 Å². The number of likely N-dealkylation sites (tertiary alicyclic amines) is 1. The first-order chi connectivity index (χ1) is 8.97. The molecular formula is C12H17ClN4O2. The number of hydrogen-bond acceptors (Lipinski definition) is 3. The predicted octanol–water partition coefficient (Wildman–Crippen LogP) is 1.12. The van der Waals surface area contributed by atoms with Crippen LogP contribution >= 0.6 is 11.6 Å². The number of H-pyrrole nitrogens is 2. The van der Waals surface area contributed by atoms with Crippen molar-refractivity contribution in [3.63, 3.8) is 0 Å². The standard InChI is InChI=1S/C12H17ClN4O2/c1-7(2)14-9-4-3-5-17(9)6-8-10(13)11(18)16-12(19)15-8/h7H,3-6H2,1-2H3,(H2,15,16,18,19). The van der Waals surface area contributed by atoms with Crippen molar-refractivity contribution in [3.05, 3.63) is 31.6 Å². The van der Waals surface area contributed by atoms with E-state index in [0.717, 1.165) is 25.2 Å². The van der Waals surface area contributed by atoms with Gasteiger partial charge >= 0.3 is 5.69 Å². The SMILES string of the molecule is CC(C)N=C1CCCN1Cc1[nH]c(=O)[nH]c(=O)c1Cl. The molecule has 2 N–H and O–H groups in total. The van der Waals surface area contributed by atoms with E-state index in [1.807, 2.05) is 13.8 Å². The number of nitrogens with zero attached hydrogens (tertiary/aromatic N) is 2. The summed E-state index contributed by atoms with van der Waals surface area (Å²) in [5, 5.41) is 0.0374. The lowest BCUT2D eigenvalue weighted by molar-refractivity contribution is 0.438. The molecule has 0 bridgehead atoms. The summed E-state index contributed by atoms with van der Waals surface area (Å²) < 4.78 is 0. The van der Waals surface area contributed by atoms with Crippen LogP contribution in [0.3, 0.4) is 0 Å². The number of aliphatic imine (C=N–C) groups is 1. The number of hydrogen-bond donors (Lipinski definition) is 2. The third-order valence-corrected chi connectivity index (χ3v) is 3.31. The summed E-state index contributed by atoms with van der Waals surface area (Å²) >= 11 is 5.92. The highest BCUT2D eigenvalue weighted by Gasteiger charge is 2.21. The lowest BCUT2D eigenvalue weighted by Crippen LogP contribution is -2.30. The van der Waals surface area contributed by atoms with Crippen molar-refractivity contribution in [1.82, 2.24) is 14.9 Å².